The molecule has 63 heavy (non-hydrogen) atoms. The van der Waals surface area contributed by atoms with E-state index in [1.807, 2.05) is 6.08 Å². The van der Waals surface area contributed by atoms with E-state index in [9.17, 15) is 19.8 Å². The van der Waals surface area contributed by atoms with Gasteiger partial charge in [-0.05, 0) is 64.2 Å². The number of ether oxygens (including phenoxy) is 1. The number of unbranched alkanes of at least 4 members (excludes halogenated alkanes) is 39. The minimum atomic E-state index is -0.861. The second kappa shape index (κ2) is 53.0. The molecule has 6 heteroatoms. The highest BCUT2D eigenvalue weighted by Gasteiger charge is 2.18. The lowest BCUT2D eigenvalue weighted by Crippen LogP contribution is -2.45. The van der Waals surface area contributed by atoms with Gasteiger partial charge in [-0.2, -0.15) is 0 Å². The fourth-order valence-electron chi connectivity index (χ4n) is 8.63. The first-order valence-corrected chi connectivity index (χ1v) is 28.1. The summed E-state index contributed by atoms with van der Waals surface area (Å²) in [5.74, 6) is -0.114. The van der Waals surface area contributed by atoms with E-state index in [4.69, 9.17) is 4.74 Å². The molecule has 0 fully saturated rings. The summed E-state index contributed by atoms with van der Waals surface area (Å²) in [5.41, 5.74) is 0. The number of rotatable bonds is 52. The number of carbonyl (C=O) groups is 2. The Kier molecular flexibility index (Phi) is 51.6. The SMILES string of the molecule is CCCCCCCCCCCCCCCCCCCCC/C=C/C(O)C(CO)NC(=O)CCCCCCC/C=C\CCCCCOC(=O)CCCCCCCCCCCCCCC. The minimum absolute atomic E-state index is 0.0225. The molecule has 1 amide bonds. The largest absolute Gasteiger partial charge is 0.466 e. The van der Waals surface area contributed by atoms with Crippen molar-refractivity contribution >= 4 is 11.9 Å². The molecule has 0 saturated heterocycles. The van der Waals surface area contributed by atoms with Crippen LogP contribution in [0.3, 0.4) is 0 Å². The molecule has 0 aliphatic carbocycles. The summed E-state index contributed by atoms with van der Waals surface area (Å²) in [7, 11) is 0. The number of carbonyl (C=O) groups excluding carboxylic acids is 2. The van der Waals surface area contributed by atoms with Crippen LogP contribution in [0.4, 0.5) is 0 Å². The van der Waals surface area contributed by atoms with Crippen molar-refractivity contribution in [2.45, 2.75) is 315 Å². The zero-order valence-corrected chi connectivity index (χ0v) is 42.3. The van der Waals surface area contributed by atoms with Gasteiger partial charge in [0, 0.05) is 12.8 Å². The zero-order valence-electron chi connectivity index (χ0n) is 42.3. The van der Waals surface area contributed by atoms with Gasteiger partial charge in [0.1, 0.15) is 0 Å². The highest BCUT2D eigenvalue weighted by atomic mass is 16.5. The molecule has 372 valence electrons. The van der Waals surface area contributed by atoms with Crippen LogP contribution in [0.1, 0.15) is 303 Å². The van der Waals surface area contributed by atoms with Crippen molar-refractivity contribution in [2.24, 2.45) is 0 Å². The average Bonchev–Trinajstić information content (AvgIpc) is 3.28. The highest BCUT2D eigenvalue weighted by Crippen LogP contribution is 2.17. The lowest BCUT2D eigenvalue weighted by molar-refractivity contribution is -0.143. The maximum absolute atomic E-state index is 12.5. The van der Waals surface area contributed by atoms with E-state index in [0.29, 0.717) is 19.4 Å². The maximum Gasteiger partial charge on any atom is 0.305 e. The average molecular weight is 889 g/mol. The lowest BCUT2D eigenvalue weighted by Gasteiger charge is -2.20. The van der Waals surface area contributed by atoms with Gasteiger partial charge in [0.25, 0.3) is 0 Å². The van der Waals surface area contributed by atoms with Crippen LogP contribution in [-0.2, 0) is 14.3 Å². The van der Waals surface area contributed by atoms with E-state index in [-0.39, 0.29) is 18.5 Å². The van der Waals surface area contributed by atoms with E-state index < -0.39 is 12.1 Å². The summed E-state index contributed by atoms with van der Waals surface area (Å²) in [4.78, 5) is 24.5. The molecule has 0 aliphatic heterocycles. The molecule has 3 N–H and O–H groups in total. The summed E-state index contributed by atoms with van der Waals surface area (Å²) in [5, 5.41) is 23.1. The van der Waals surface area contributed by atoms with Crippen molar-refractivity contribution in [3.8, 4) is 0 Å². The lowest BCUT2D eigenvalue weighted by atomic mass is 10.0. The van der Waals surface area contributed by atoms with Crippen LogP contribution in [0.15, 0.2) is 24.3 Å². The van der Waals surface area contributed by atoms with Crippen LogP contribution in [-0.4, -0.2) is 47.4 Å². The van der Waals surface area contributed by atoms with Gasteiger partial charge in [-0.3, -0.25) is 9.59 Å². The molecule has 0 aliphatic rings. The highest BCUT2D eigenvalue weighted by molar-refractivity contribution is 5.76. The maximum atomic E-state index is 12.5. The van der Waals surface area contributed by atoms with Gasteiger partial charge in [-0.15, -0.1) is 0 Å². The minimum Gasteiger partial charge on any atom is -0.466 e. The van der Waals surface area contributed by atoms with Crippen molar-refractivity contribution in [3.63, 3.8) is 0 Å². The molecule has 0 rings (SSSR count). The van der Waals surface area contributed by atoms with Crippen molar-refractivity contribution in [2.75, 3.05) is 13.2 Å². The number of aliphatic hydroxyl groups excluding tert-OH is 2. The number of nitrogens with one attached hydrogen (secondary N) is 1. The predicted molar refractivity (Wildman–Crippen MR) is 273 cm³/mol. The fourth-order valence-corrected chi connectivity index (χ4v) is 8.63. The summed E-state index contributed by atoms with van der Waals surface area (Å²) in [6.45, 7) is 4.86. The number of hydrogen-bond donors (Lipinski definition) is 3. The first-order valence-electron chi connectivity index (χ1n) is 28.1. The second-order valence-electron chi connectivity index (χ2n) is 19.3. The molecule has 0 saturated carbocycles. The zero-order chi connectivity index (χ0) is 45.8. The third-order valence-electron chi connectivity index (χ3n) is 13.0. The van der Waals surface area contributed by atoms with E-state index >= 15 is 0 Å². The molecule has 0 aromatic heterocycles. The van der Waals surface area contributed by atoms with Gasteiger partial charge >= 0.3 is 5.97 Å². The molecule has 0 spiro atoms. The summed E-state index contributed by atoms with van der Waals surface area (Å²) in [6.07, 6.45) is 63.3. The van der Waals surface area contributed by atoms with Crippen molar-refractivity contribution < 1.29 is 24.5 Å². The number of amides is 1. The van der Waals surface area contributed by atoms with Crippen LogP contribution in [0, 0.1) is 0 Å². The monoisotopic (exact) mass is 888 g/mol. The Morgan fingerprint density at radius 2 is 0.746 bits per heavy atom. The van der Waals surface area contributed by atoms with Gasteiger partial charge in [0.15, 0.2) is 0 Å². The molecule has 6 nitrogen and oxygen atoms in total. The number of aliphatic hydroxyl groups is 2. The Bertz CT molecular complexity index is 982. The molecule has 0 aromatic carbocycles. The third-order valence-corrected chi connectivity index (χ3v) is 13.0. The first kappa shape index (κ1) is 61.3. The fraction of sp³-hybridized carbons (Fsp3) is 0.895. The Morgan fingerprint density at radius 3 is 1.13 bits per heavy atom. The van der Waals surface area contributed by atoms with Crippen molar-refractivity contribution in [3.05, 3.63) is 24.3 Å². The van der Waals surface area contributed by atoms with Gasteiger partial charge in [-0.1, -0.05) is 250 Å². The summed E-state index contributed by atoms with van der Waals surface area (Å²) >= 11 is 0. The molecular formula is C57H109NO5. The number of hydrogen-bond acceptors (Lipinski definition) is 5. The van der Waals surface area contributed by atoms with E-state index in [0.717, 1.165) is 77.0 Å². The van der Waals surface area contributed by atoms with Crippen molar-refractivity contribution in [1.82, 2.24) is 5.32 Å². The molecule has 0 heterocycles. The standard InChI is InChI=1S/C57H109NO5/c1-3-5-7-9-11-13-15-17-18-19-20-21-22-23-24-26-29-33-37-41-45-49-55(60)54(53-59)58-56(61)50-46-42-38-34-30-27-28-32-36-40-44-48-52-63-57(62)51-47-43-39-35-31-25-16-14-12-10-8-6-4-2/h28,32,45,49,54-55,59-60H,3-27,29-31,33-44,46-48,50-53H2,1-2H3,(H,58,61)/b32-28-,49-45+. The van der Waals surface area contributed by atoms with Gasteiger partial charge in [0.2, 0.25) is 5.91 Å². The molecule has 0 bridgehead atoms. The quantitative estimate of drug-likeness (QED) is 0.0321. The Hall–Kier alpha value is -1.66. The van der Waals surface area contributed by atoms with E-state index in [1.165, 1.54) is 199 Å². The summed E-state index contributed by atoms with van der Waals surface area (Å²) in [6, 6.07) is -0.646. The Morgan fingerprint density at radius 1 is 0.429 bits per heavy atom. The predicted octanol–water partition coefficient (Wildman–Crippen LogP) is 17.1. The van der Waals surface area contributed by atoms with E-state index in [1.54, 1.807) is 6.08 Å². The Balaban J connectivity index is 3.53. The third kappa shape index (κ3) is 49.6. The molecule has 0 aromatic rings. The van der Waals surface area contributed by atoms with Gasteiger partial charge < -0.3 is 20.3 Å². The van der Waals surface area contributed by atoms with E-state index in [2.05, 4.69) is 31.3 Å². The van der Waals surface area contributed by atoms with Gasteiger partial charge in [0.05, 0.1) is 25.4 Å². The topological polar surface area (TPSA) is 95.9 Å². The molecular weight excluding hydrogens is 779 g/mol. The molecule has 2 unspecified atom stereocenters. The van der Waals surface area contributed by atoms with Gasteiger partial charge in [-0.25, -0.2) is 0 Å². The molecule has 0 radical (unpaired) electrons. The van der Waals surface area contributed by atoms with Crippen LogP contribution in [0.2, 0.25) is 0 Å². The van der Waals surface area contributed by atoms with Crippen LogP contribution in [0.5, 0.6) is 0 Å². The second-order valence-corrected chi connectivity index (χ2v) is 19.3. The Labute approximate surface area is 392 Å². The summed E-state index contributed by atoms with van der Waals surface area (Å²) < 4.78 is 5.44. The number of esters is 1. The van der Waals surface area contributed by atoms with Crippen LogP contribution >= 0.6 is 0 Å². The molecule has 2 atom stereocenters. The smallest absolute Gasteiger partial charge is 0.305 e. The van der Waals surface area contributed by atoms with Crippen molar-refractivity contribution in [1.29, 1.82) is 0 Å². The van der Waals surface area contributed by atoms with Crippen LogP contribution in [0.25, 0.3) is 0 Å². The first-order chi connectivity index (χ1) is 31.0. The number of allylic oxidation sites excluding steroid dienone is 3. The van der Waals surface area contributed by atoms with Crippen LogP contribution < -0.4 is 5.32 Å². The normalized spacial score (nSPS) is 12.8.